The minimum atomic E-state index is 1.15. The number of benzene rings is 6. The van der Waals surface area contributed by atoms with Gasteiger partial charge in [-0.05, 0) is 58.7 Å². The molecule has 0 bridgehead atoms. The van der Waals surface area contributed by atoms with Gasteiger partial charge in [-0.25, -0.2) is 0 Å². The molecule has 0 spiro atoms. The van der Waals surface area contributed by atoms with E-state index in [9.17, 15) is 0 Å². The maximum Gasteiger partial charge on any atom is 0.0590 e. The summed E-state index contributed by atoms with van der Waals surface area (Å²) in [4.78, 5) is 0. The average Bonchev–Trinajstić information content (AvgIpc) is 3.57. The summed E-state index contributed by atoms with van der Waals surface area (Å²) in [7, 11) is 0. The van der Waals surface area contributed by atoms with Crippen molar-refractivity contribution in [3.8, 4) is 22.3 Å². The molecule has 8 aromatic rings. The molecule has 39 heavy (non-hydrogen) atoms. The molecule has 2 aromatic heterocycles. The van der Waals surface area contributed by atoms with E-state index >= 15 is 0 Å². The molecule has 0 fully saturated rings. The van der Waals surface area contributed by atoms with Gasteiger partial charge in [-0.2, -0.15) is 0 Å². The molecule has 0 aliphatic heterocycles. The van der Waals surface area contributed by atoms with Crippen molar-refractivity contribution >= 4 is 74.4 Å². The van der Waals surface area contributed by atoms with E-state index in [1.807, 2.05) is 22.7 Å². The van der Waals surface area contributed by atoms with Crippen molar-refractivity contribution in [3.05, 3.63) is 133 Å². The predicted octanol–water partition coefficient (Wildman–Crippen LogP) is 11.5. The number of hydrogen-bond donors (Lipinski definition) is 1. The lowest BCUT2D eigenvalue weighted by Crippen LogP contribution is -1.92. The molecule has 2 heterocycles. The fourth-order valence-electron chi connectivity index (χ4n) is 5.60. The van der Waals surface area contributed by atoms with Crippen molar-refractivity contribution in [2.24, 2.45) is 0 Å². The fourth-order valence-corrected chi connectivity index (χ4v) is 7.93. The SMILES string of the molecule is c1ccc(-c2cc(Nc3cccc4c3sc3ccccc34)c3c(c2)sc2ccc(-c4ccccc4)cc23)cc1. The van der Waals surface area contributed by atoms with Crippen molar-refractivity contribution in [2.75, 3.05) is 5.32 Å². The maximum absolute atomic E-state index is 3.92. The molecule has 0 unspecified atom stereocenters. The molecule has 1 nitrogen and oxygen atoms in total. The molecule has 3 heteroatoms. The summed E-state index contributed by atoms with van der Waals surface area (Å²) < 4.78 is 5.21. The van der Waals surface area contributed by atoms with Crippen LogP contribution < -0.4 is 5.32 Å². The maximum atomic E-state index is 3.92. The molecular formula is C36H23NS2. The van der Waals surface area contributed by atoms with Crippen LogP contribution in [0.2, 0.25) is 0 Å². The molecule has 1 N–H and O–H groups in total. The van der Waals surface area contributed by atoms with Crippen LogP contribution >= 0.6 is 22.7 Å². The molecule has 6 aromatic carbocycles. The summed E-state index contributed by atoms with van der Waals surface area (Å²) in [5.41, 5.74) is 7.23. The molecule has 0 atom stereocenters. The Labute approximate surface area is 234 Å². The van der Waals surface area contributed by atoms with Crippen molar-refractivity contribution in [1.82, 2.24) is 0 Å². The number of anilines is 2. The second-order valence-electron chi connectivity index (χ2n) is 9.85. The van der Waals surface area contributed by atoms with Gasteiger partial charge in [-0.3, -0.25) is 0 Å². The average molecular weight is 534 g/mol. The molecule has 0 saturated heterocycles. The molecule has 0 saturated carbocycles. The minimum Gasteiger partial charge on any atom is -0.354 e. The second kappa shape index (κ2) is 9.09. The lowest BCUT2D eigenvalue weighted by molar-refractivity contribution is 1.61. The van der Waals surface area contributed by atoms with Crippen LogP contribution in [-0.4, -0.2) is 0 Å². The number of hydrogen-bond acceptors (Lipinski definition) is 3. The van der Waals surface area contributed by atoms with E-state index in [2.05, 4.69) is 139 Å². The lowest BCUT2D eigenvalue weighted by Gasteiger charge is -2.13. The highest BCUT2D eigenvalue weighted by Crippen LogP contribution is 2.45. The van der Waals surface area contributed by atoms with Crippen LogP contribution in [-0.2, 0) is 0 Å². The van der Waals surface area contributed by atoms with Gasteiger partial charge in [0.2, 0.25) is 0 Å². The van der Waals surface area contributed by atoms with Gasteiger partial charge in [-0.1, -0.05) is 97.1 Å². The summed E-state index contributed by atoms with van der Waals surface area (Å²) in [5.74, 6) is 0. The highest BCUT2D eigenvalue weighted by atomic mass is 32.1. The number of thiophene rings is 2. The highest BCUT2D eigenvalue weighted by Gasteiger charge is 2.16. The summed E-state index contributed by atoms with van der Waals surface area (Å²) in [5, 5.41) is 9.11. The normalized spacial score (nSPS) is 11.6. The standard InChI is InChI=1S/C36H23NS2/c1-3-10-23(11-4-1)25-18-19-33-29(20-25)35-31(21-26(22-34(35)38-33)24-12-5-2-6-13-24)37-30-16-9-15-28-27-14-7-8-17-32(27)39-36(28)30/h1-22,37H. The first-order valence-corrected chi connectivity index (χ1v) is 14.7. The van der Waals surface area contributed by atoms with Gasteiger partial charge in [0.15, 0.2) is 0 Å². The zero-order chi connectivity index (χ0) is 25.8. The van der Waals surface area contributed by atoms with Crippen molar-refractivity contribution in [1.29, 1.82) is 0 Å². The van der Waals surface area contributed by atoms with Crippen LogP contribution in [0.5, 0.6) is 0 Å². The second-order valence-corrected chi connectivity index (χ2v) is 12.0. The van der Waals surface area contributed by atoms with Gasteiger partial charge in [0.25, 0.3) is 0 Å². The van der Waals surface area contributed by atoms with E-state index in [0.29, 0.717) is 0 Å². The first-order chi connectivity index (χ1) is 19.3. The van der Waals surface area contributed by atoms with Gasteiger partial charge in [0.1, 0.15) is 0 Å². The molecule has 184 valence electrons. The first-order valence-electron chi connectivity index (χ1n) is 13.1. The van der Waals surface area contributed by atoms with E-state index < -0.39 is 0 Å². The predicted molar refractivity (Wildman–Crippen MR) is 173 cm³/mol. The molecule has 0 amide bonds. The Morgan fingerprint density at radius 1 is 0.385 bits per heavy atom. The van der Waals surface area contributed by atoms with E-state index in [1.54, 1.807) is 0 Å². The Kier molecular flexibility index (Phi) is 5.25. The zero-order valence-corrected chi connectivity index (χ0v) is 22.7. The minimum absolute atomic E-state index is 1.15. The molecular weight excluding hydrogens is 511 g/mol. The number of nitrogens with one attached hydrogen (secondary N) is 1. The van der Waals surface area contributed by atoms with Crippen LogP contribution in [0.4, 0.5) is 11.4 Å². The van der Waals surface area contributed by atoms with Gasteiger partial charge >= 0.3 is 0 Å². The third-order valence-electron chi connectivity index (χ3n) is 7.46. The van der Waals surface area contributed by atoms with Crippen LogP contribution in [0.15, 0.2) is 133 Å². The third kappa shape index (κ3) is 3.82. The topological polar surface area (TPSA) is 12.0 Å². The molecule has 0 aliphatic rings. The Bertz CT molecular complexity index is 2140. The third-order valence-corrected chi connectivity index (χ3v) is 9.80. The Hall–Kier alpha value is -4.44. The lowest BCUT2D eigenvalue weighted by atomic mass is 9.99. The molecule has 0 radical (unpaired) electrons. The fraction of sp³-hybridized carbons (Fsp3) is 0. The van der Waals surface area contributed by atoms with Crippen LogP contribution in [0.3, 0.4) is 0 Å². The van der Waals surface area contributed by atoms with Crippen LogP contribution in [0.1, 0.15) is 0 Å². The number of fused-ring (bicyclic) bond motifs is 6. The first kappa shape index (κ1) is 22.5. The van der Waals surface area contributed by atoms with E-state index in [1.165, 1.54) is 62.6 Å². The smallest absolute Gasteiger partial charge is 0.0590 e. The summed E-state index contributed by atoms with van der Waals surface area (Å²) in [6.07, 6.45) is 0. The Balaban J connectivity index is 1.38. The summed E-state index contributed by atoms with van der Waals surface area (Å²) in [6, 6.07) is 48.2. The van der Waals surface area contributed by atoms with Crippen molar-refractivity contribution in [2.45, 2.75) is 0 Å². The Morgan fingerprint density at radius 3 is 1.90 bits per heavy atom. The summed E-state index contributed by atoms with van der Waals surface area (Å²) >= 11 is 3.73. The van der Waals surface area contributed by atoms with Crippen molar-refractivity contribution in [3.63, 3.8) is 0 Å². The zero-order valence-electron chi connectivity index (χ0n) is 21.0. The monoisotopic (exact) mass is 533 g/mol. The van der Waals surface area contributed by atoms with E-state index in [0.717, 1.165) is 11.4 Å². The van der Waals surface area contributed by atoms with Crippen LogP contribution in [0.25, 0.3) is 62.6 Å². The van der Waals surface area contributed by atoms with Gasteiger partial charge in [0.05, 0.1) is 10.4 Å². The van der Waals surface area contributed by atoms with Crippen LogP contribution in [0, 0.1) is 0 Å². The van der Waals surface area contributed by atoms with Gasteiger partial charge in [0, 0.05) is 41.3 Å². The molecule has 8 rings (SSSR count). The van der Waals surface area contributed by atoms with Gasteiger partial charge in [-0.15, -0.1) is 22.7 Å². The largest absolute Gasteiger partial charge is 0.354 e. The van der Waals surface area contributed by atoms with Crippen molar-refractivity contribution < 1.29 is 0 Å². The van der Waals surface area contributed by atoms with E-state index in [-0.39, 0.29) is 0 Å². The Morgan fingerprint density at radius 2 is 1.08 bits per heavy atom. The quantitative estimate of drug-likeness (QED) is 0.237. The molecule has 0 aliphatic carbocycles. The van der Waals surface area contributed by atoms with Gasteiger partial charge < -0.3 is 5.32 Å². The summed E-state index contributed by atoms with van der Waals surface area (Å²) in [6.45, 7) is 0. The van der Waals surface area contributed by atoms with E-state index in [4.69, 9.17) is 0 Å². The highest BCUT2D eigenvalue weighted by molar-refractivity contribution is 7.26. The number of rotatable bonds is 4.